The SMILES string of the molecule is CC(NC(CCO)C(C)(C)C)c1ccccc1Cl. The predicted molar refractivity (Wildman–Crippen MR) is 77.9 cm³/mol. The van der Waals surface area contributed by atoms with Gasteiger partial charge < -0.3 is 10.4 Å². The maximum Gasteiger partial charge on any atom is 0.0453 e. The van der Waals surface area contributed by atoms with Crippen molar-refractivity contribution in [3.8, 4) is 0 Å². The lowest BCUT2D eigenvalue weighted by Crippen LogP contribution is -2.42. The zero-order valence-corrected chi connectivity index (χ0v) is 12.5. The lowest BCUT2D eigenvalue weighted by atomic mass is 9.84. The molecule has 0 heterocycles. The average molecular weight is 270 g/mol. The molecule has 0 aliphatic carbocycles. The molecule has 0 aromatic heterocycles. The molecule has 0 aliphatic heterocycles. The van der Waals surface area contributed by atoms with E-state index in [0.29, 0.717) is 0 Å². The molecule has 0 bridgehead atoms. The van der Waals surface area contributed by atoms with Crippen LogP contribution < -0.4 is 5.32 Å². The molecule has 0 amide bonds. The van der Waals surface area contributed by atoms with Crippen LogP contribution in [-0.4, -0.2) is 17.8 Å². The van der Waals surface area contributed by atoms with Gasteiger partial charge in [-0.05, 0) is 30.4 Å². The van der Waals surface area contributed by atoms with Crippen LogP contribution in [0, 0.1) is 5.41 Å². The summed E-state index contributed by atoms with van der Waals surface area (Å²) < 4.78 is 0. The first-order valence-corrected chi connectivity index (χ1v) is 6.85. The minimum Gasteiger partial charge on any atom is -0.396 e. The van der Waals surface area contributed by atoms with Gasteiger partial charge in [-0.25, -0.2) is 0 Å². The normalized spacial score (nSPS) is 15.4. The average Bonchev–Trinajstić information content (AvgIpc) is 2.27. The fourth-order valence-electron chi connectivity index (χ4n) is 2.11. The van der Waals surface area contributed by atoms with Gasteiger partial charge in [0.1, 0.15) is 0 Å². The monoisotopic (exact) mass is 269 g/mol. The van der Waals surface area contributed by atoms with E-state index in [2.05, 4.69) is 33.0 Å². The van der Waals surface area contributed by atoms with E-state index in [1.807, 2.05) is 24.3 Å². The van der Waals surface area contributed by atoms with Crippen LogP contribution in [-0.2, 0) is 0 Å². The minimum absolute atomic E-state index is 0.109. The Kier molecular flexibility index (Phi) is 5.64. The van der Waals surface area contributed by atoms with Gasteiger partial charge >= 0.3 is 0 Å². The lowest BCUT2D eigenvalue weighted by molar-refractivity contribution is 0.188. The van der Waals surface area contributed by atoms with E-state index in [4.69, 9.17) is 11.6 Å². The number of hydrogen-bond donors (Lipinski definition) is 2. The molecule has 2 N–H and O–H groups in total. The molecule has 0 saturated heterocycles. The zero-order chi connectivity index (χ0) is 13.8. The van der Waals surface area contributed by atoms with E-state index in [1.54, 1.807) is 0 Å². The van der Waals surface area contributed by atoms with Crippen molar-refractivity contribution in [2.45, 2.75) is 46.2 Å². The highest BCUT2D eigenvalue weighted by atomic mass is 35.5. The summed E-state index contributed by atoms with van der Waals surface area (Å²) in [5, 5.41) is 13.5. The van der Waals surface area contributed by atoms with Crippen LogP contribution in [0.25, 0.3) is 0 Å². The van der Waals surface area contributed by atoms with Crippen molar-refractivity contribution < 1.29 is 5.11 Å². The third kappa shape index (κ3) is 4.27. The highest BCUT2D eigenvalue weighted by molar-refractivity contribution is 6.31. The summed E-state index contributed by atoms with van der Waals surface area (Å²) in [4.78, 5) is 0. The maximum atomic E-state index is 9.17. The molecule has 3 heteroatoms. The van der Waals surface area contributed by atoms with Crippen LogP contribution in [0.15, 0.2) is 24.3 Å². The second kappa shape index (κ2) is 6.55. The summed E-state index contributed by atoms with van der Waals surface area (Å²) in [6.45, 7) is 8.85. The number of halogens is 1. The Morgan fingerprint density at radius 2 is 1.89 bits per heavy atom. The van der Waals surface area contributed by atoms with Gasteiger partial charge in [-0.15, -0.1) is 0 Å². The van der Waals surface area contributed by atoms with Crippen molar-refractivity contribution >= 4 is 11.6 Å². The van der Waals surface area contributed by atoms with Crippen LogP contribution in [0.5, 0.6) is 0 Å². The van der Waals surface area contributed by atoms with Gasteiger partial charge in [0, 0.05) is 23.7 Å². The van der Waals surface area contributed by atoms with Crippen molar-refractivity contribution in [1.82, 2.24) is 5.32 Å². The van der Waals surface area contributed by atoms with E-state index in [-0.39, 0.29) is 24.1 Å². The summed E-state index contributed by atoms with van der Waals surface area (Å²) >= 11 is 6.20. The second-order valence-electron chi connectivity index (χ2n) is 5.84. The maximum absolute atomic E-state index is 9.17. The number of aliphatic hydroxyl groups excluding tert-OH is 1. The first-order valence-electron chi connectivity index (χ1n) is 6.47. The Morgan fingerprint density at radius 3 is 2.39 bits per heavy atom. The molecule has 0 saturated carbocycles. The van der Waals surface area contributed by atoms with Crippen LogP contribution >= 0.6 is 11.6 Å². The molecule has 0 fully saturated rings. The Balaban J connectivity index is 2.79. The van der Waals surface area contributed by atoms with Crippen molar-refractivity contribution in [3.63, 3.8) is 0 Å². The molecule has 102 valence electrons. The van der Waals surface area contributed by atoms with Gasteiger partial charge in [-0.3, -0.25) is 0 Å². The summed E-state index contributed by atoms with van der Waals surface area (Å²) in [5.41, 5.74) is 1.21. The van der Waals surface area contributed by atoms with E-state index < -0.39 is 0 Å². The molecule has 0 spiro atoms. The standard InChI is InChI=1S/C15H24ClNO/c1-11(12-7-5-6-8-13(12)16)17-14(9-10-18)15(2,3)4/h5-8,11,14,17-18H,9-10H2,1-4H3. The lowest BCUT2D eigenvalue weighted by Gasteiger charge is -2.34. The fourth-order valence-corrected chi connectivity index (χ4v) is 2.41. The summed E-state index contributed by atoms with van der Waals surface area (Å²) in [7, 11) is 0. The molecule has 2 atom stereocenters. The van der Waals surface area contributed by atoms with Crippen LogP contribution in [0.2, 0.25) is 5.02 Å². The first-order chi connectivity index (χ1) is 8.36. The highest BCUT2D eigenvalue weighted by Crippen LogP contribution is 2.27. The van der Waals surface area contributed by atoms with Gasteiger partial charge in [0.05, 0.1) is 0 Å². The molecular weight excluding hydrogens is 246 g/mol. The van der Waals surface area contributed by atoms with Crippen molar-refractivity contribution in [2.24, 2.45) is 5.41 Å². The third-order valence-electron chi connectivity index (χ3n) is 3.29. The molecular formula is C15H24ClNO. The molecule has 18 heavy (non-hydrogen) atoms. The predicted octanol–water partition coefficient (Wildman–Crippen LogP) is 3.79. The van der Waals surface area contributed by atoms with Crippen LogP contribution in [0.1, 0.15) is 45.7 Å². The number of hydrogen-bond acceptors (Lipinski definition) is 2. The zero-order valence-electron chi connectivity index (χ0n) is 11.7. The molecule has 1 aromatic carbocycles. The van der Waals surface area contributed by atoms with E-state index in [1.165, 1.54) is 0 Å². The third-order valence-corrected chi connectivity index (χ3v) is 3.63. The topological polar surface area (TPSA) is 32.3 Å². The first kappa shape index (κ1) is 15.5. The van der Waals surface area contributed by atoms with Crippen LogP contribution in [0.4, 0.5) is 0 Å². The highest BCUT2D eigenvalue weighted by Gasteiger charge is 2.25. The molecule has 2 nitrogen and oxygen atoms in total. The molecule has 1 rings (SSSR count). The molecule has 1 aromatic rings. The largest absolute Gasteiger partial charge is 0.396 e. The quantitative estimate of drug-likeness (QED) is 0.852. The number of rotatable bonds is 5. The fraction of sp³-hybridized carbons (Fsp3) is 0.600. The number of aliphatic hydroxyl groups is 1. The summed E-state index contributed by atoms with van der Waals surface area (Å²) in [5.74, 6) is 0. The Hall–Kier alpha value is -0.570. The Bertz CT molecular complexity index is 373. The van der Waals surface area contributed by atoms with E-state index in [0.717, 1.165) is 17.0 Å². The minimum atomic E-state index is 0.109. The Morgan fingerprint density at radius 1 is 1.28 bits per heavy atom. The van der Waals surface area contributed by atoms with Crippen molar-refractivity contribution in [2.75, 3.05) is 6.61 Å². The van der Waals surface area contributed by atoms with Gasteiger partial charge in [0.2, 0.25) is 0 Å². The van der Waals surface area contributed by atoms with Crippen molar-refractivity contribution in [1.29, 1.82) is 0 Å². The number of nitrogens with one attached hydrogen (secondary N) is 1. The van der Waals surface area contributed by atoms with Gasteiger partial charge in [0.15, 0.2) is 0 Å². The van der Waals surface area contributed by atoms with E-state index >= 15 is 0 Å². The summed E-state index contributed by atoms with van der Waals surface area (Å²) in [6, 6.07) is 8.32. The van der Waals surface area contributed by atoms with Crippen LogP contribution in [0.3, 0.4) is 0 Å². The smallest absolute Gasteiger partial charge is 0.0453 e. The second-order valence-corrected chi connectivity index (χ2v) is 6.25. The van der Waals surface area contributed by atoms with Crippen molar-refractivity contribution in [3.05, 3.63) is 34.9 Å². The van der Waals surface area contributed by atoms with Gasteiger partial charge in [0.25, 0.3) is 0 Å². The molecule has 0 aliphatic rings. The molecule has 2 unspecified atom stereocenters. The molecule has 0 radical (unpaired) electrons. The van der Waals surface area contributed by atoms with Gasteiger partial charge in [-0.1, -0.05) is 50.6 Å². The Labute approximate surface area is 115 Å². The number of benzene rings is 1. The summed E-state index contributed by atoms with van der Waals surface area (Å²) in [6.07, 6.45) is 0.748. The van der Waals surface area contributed by atoms with E-state index in [9.17, 15) is 5.11 Å². The van der Waals surface area contributed by atoms with Gasteiger partial charge in [-0.2, -0.15) is 0 Å².